The van der Waals surface area contributed by atoms with Crippen LogP contribution in [0.25, 0.3) is 0 Å². The van der Waals surface area contributed by atoms with Crippen molar-refractivity contribution in [3.05, 3.63) is 126 Å². The summed E-state index contributed by atoms with van der Waals surface area (Å²) in [6, 6.07) is 32.3. The Morgan fingerprint density at radius 3 is 2.06 bits per heavy atom. The highest BCUT2D eigenvalue weighted by molar-refractivity contribution is 8.00. The number of nitrogens with one attached hydrogen (secondary N) is 2. The molecule has 4 rings (SSSR count). The molecule has 2 amide bonds. The Hall–Kier alpha value is -4.36. The van der Waals surface area contributed by atoms with Crippen LogP contribution in [0.15, 0.2) is 114 Å². The summed E-state index contributed by atoms with van der Waals surface area (Å²) < 4.78 is 0. The number of carboxylic acids is 1. The topological polar surface area (TPSA) is 95.5 Å². The summed E-state index contributed by atoms with van der Waals surface area (Å²) in [5.41, 5.74) is 2.86. The molecule has 1 unspecified atom stereocenters. The Bertz CT molecular complexity index is 1360. The fraction of sp³-hybridized carbons (Fsp3) is 0.0690. The number of aromatic carboxylic acids is 1. The van der Waals surface area contributed by atoms with Gasteiger partial charge in [0, 0.05) is 16.3 Å². The second-order valence-corrected chi connectivity index (χ2v) is 9.20. The number of hydrogen-bond acceptors (Lipinski definition) is 4. The SMILES string of the molecule is O=C(Cc1ccccc1)Nc1cccc(SC(C(=O)Nc2cccc(C(=O)O)c2)c2ccccc2)c1. The minimum atomic E-state index is -1.06. The molecule has 6 nitrogen and oxygen atoms in total. The van der Waals surface area contributed by atoms with E-state index in [1.54, 1.807) is 12.1 Å². The minimum Gasteiger partial charge on any atom is -0.478 e. The normalized spacial score (nSPS) is 11.3. The molecule has 3 N–H and O–H groups in total. The first-order valence-electron chi connectivity index (χ1n) is 11.3. The average Bonchev–Trinajstić information content (AvgIpc) is 2.88. The van der Waals surface area contributed by atoms with Crippen LogP contribution < -0.4 is 10.6 Å². The van der Waals surface area contributed by atoms with E-state index >= 15 is 0 Å². The Balaban J connectivity index is 1.51. The molecule has 4 aromatic rings. The Morgan fingerprint density at radius 2 is 1.36 bits per heavy atom. The molecule has 0 saturated heterocycles. The number of anilines is 2. The van der Waals surface area contributed by atoms with Gasteiger partial charge in [-0.2, -0.15) is 0 Å². The van der Waals surface area contributed by atoms with Gasteiger partial charge in [-0.05, 0) is 47.5 Å². The van der Waals surface area contributed by atoms with E-state index in [9.17, 15) is 19.5 Å². The number of carboxylic acid groups (broad SMARTS) is 1. The number of carbonyl (C=O) groups excluding carboxylic acids is 2. The zero-order valence-corrected chi connectivity index (χ0v) is 20.1. The first kappa shape index (κ1) is 24.8. The zero-order valence-electron chi connectivity index (χ0n) is 19.3. The van der Waals surface area contributed by atoms with Crippen molar-refractivity contribution in [2.24, 2.45) is 0 Å². The molecule has 36 heavy (non-hydrogen) atoms. The molecule has 0 aromatic heterocycles. The van der Waals surface area contributed by atoms with E-state index in [1.165, 1.54) is 23.9 Å². The van der Waals surface area contributed by atoms with Crippen LogP contribution in [0.3, 0.4) is 0 Å². The summed E-state index contributed by atoms with van der Waals surface area (Å²) in [4.78, 5) is 37.9. The number of benzene rings is 4. The molecule has 7 heteroatoms. The maximum atomic E-state index is 13.3. The lowest BCUT2D eigenvalue weighted by Gasteiger charge is -2.18. The van der Waals surface area contributed by atoms with Gasteiger partial charge >= 0.3 is 5.97 Å². The van der Waals surface area contributed by atoms with Crippen molar-refractivity contribution in [2.75, 3.05) is 10.6 Å². The Kier molecular flexibility index (Phi) is 8.16. The second-order valence-electron chi connectivity index (χ2n) is 8.02. The van der Waals surface area contributed by atoms with Gasteiger partial charge in [0.25, 0.3) is 0 Å². The van der Waals surface area contributed by atoms with Crippen molar-refractivity contribution in [1.29, 1.82) is 0 Å². The van der Waals surface area contributed by atoms with E-state index in [-0.39, 0.29) is 23.8 Å². The molecule has 0 saturated carbocycles. The predicted molar refractivity (Wildman–Crippen MR) is 142 cm³/mol. The lowest BCUT2D eigenvalue weighted by atomic mass is 10.1. The quantitative estimate of drug-likeness (QED) is 0.246. The lowest BCUT2D eigenvalue weighted by Crippen LogP contribution is -2.19. The van der Waals surface area contributed by atoms with Crippen LogP contribution in [0.1, 0.15) is 26.7 Å². The van der Waals surface area contributed by atoms with Crippen LogP contribution in [-0.4, -0.2) is 22.9 Å². The van der Waals surface area contributed by atoms with Crippen molar-refractivity contribution in [3.8, 4) is 0 Å². The first-order valence-corrected chi connectivity index (χ1v) is 12.2. The first-order chi connectivity index (χ1) is 17.5. The van der Waals surface area contributed by atoms with Gasteiger partial charge in [-0.25, -0.2) is 4.79 Å². The van der Waals surface area contributed by atoms with Crippen molar-refractivity contribution in [3.63, 3.8) is 0 Å². The summed E-state index contributed by atoms with van der Waals surface area (Å²) in [6.45, 7) is 0. The van der Waals surface area contributed by atoms with E-state index in [1.807, 2.05) is 84.9 Å². The summed E-state index contributed by atoms with van der Waals surface area (Å²) in [5.74, 6) is -1.47. The van der Waals surface area contributed by atoms with E-state index < -0.39 is 11.2 Å². The average molecular weight is 497 g/mol. The molecule has 1 atom stereocenters. The minimum absolute atomic E-state index is 0.0932. The van der Waals surface area contributed by atoms with Crippen LogP contribution in [0.5, 0.6) is 0 Å². The number of amides is 2. The van der Waals surface area contributed by atoms with E-state index in [2.05, 4.69) is 10.6 Å². The molecule has 0 aliphatic rings. The van der Waals surface area contributed by atoms with Gasteiger partial charge in [-0.15, -0.1) is 11.8 Å². The summed E-state index contributed by atoms with van der Waals surface area (Å²) in [6.07, 6.45) is 0.267. The monoisotopic (exact) mass is 496 g/mol. The molecule has 0 radical (unpaired) electrons. The van der Waals surface area contributed by atoms with Crippen LogP contribution in [-0.2, 0) is 16.0 Å². The highest BCUT2D eigenvalue weighted by atomic mass is 32.2. The molecule has 0 fully saturated rings. The Labute approximate surface area is 213 Å². The van der Waals surface area contributed by atoms with Crippen LogP contribution >= 0.6 is 11.8 Å². The van der Waals surface area contributed by atoms with Gasteiger partial charge in [0.05, 0.1) is 12.0 Å². The maximum Gasteiger partial charge on any atom is 0.335 e. The third-order valence-electron chi connectivity index (χ3n) is 5.30. The summed E-state index contributed by atoms with van der Waals surface area (Å²) >= 11 is 1.35. The third-order valence-corrected chi connectivity index (χ3v) is 6.54. The molecule has 0 aliphatic carbocycles. The van der Waals surface area contributed by atoms with Gasteiger partial charge in [-0.3, -0.25) is 9.59 Å². The highest BCUT2D eigenvalue weighted by Gasteiger charge is 2.23. The van der Waals surface area contributed by atoms with Crippen molar-refractivity contribution < 1.29 is 19.5 Å². The number of rotatable bonds is 9. The van der Waals surface area contributed by atoms with Crippen LogP contribution in [0.4, 0.5) is 11.4 Å². The van der Waals surface area contributed by atoms with E-state index in [4.69, 9.17) is 0 Å². The van der Waals surface area contributed by atoms with Crippen molar-refractivity contribution in [2.45, 2.75) is 16.6 Å². The molecular formula is C29H24N2O4S. The van der Waals surface area contributed by atoms with E-state index in [0.29, 0.717) is 11.4 Å². The predicted octanol–water partition coefficient (Wildman–Crippen LogP) is 6.04. The van der Waals surface area contributed by atoms with Gasteiger partial charge in [0.2, 0.25) is 11.8 Å². The van der Waals surface area contributed by atoms with Crippen LogP contribution in [0.2, 0.25) is 0 Å². The third kappa shape index (κ3) is 6.84. The smallest absolute Gasteiger partial charge is 0.335 e. The highest BCUT2D eigenvalue weighted by Crippen LogP contribution is 2.37. The van der Waals surface area contributed by atoms with Crippen molar-refractivity contribution in [1.82, 2.24) is 0 Å². The second kappa shape index (κ2) is 11.9. The lowest BCUT2D eigenvalue weighted by molar-refractivity contribution is -0.116. The fourth-order valence-electron chi connectivity index (χ4n) is 3.61. The van der Waals surface area contributed by atoms with Crippen LogP contribution in [0, 0.1) is 0 Å². The van der Waals surface area contributed by atoms with Gasteiger partial charge in [0.15, 0.2) is 0 Å². The molecule has 0 heterocycles. The number of carbonyl (C=O) groups is 3. The molecule has 4 aromatic carbocycles. The molecule has 0 spiro atoms. The molecule has 180 valence electrons. The molecule has 0 aliphatic heterocycles. The largest absolute Gasteiger partial charge is 0.478 e. The van der Waals surface area contributed by atoms with Gasteiger partial charge in [-0.1, -0.05) is 72.8 Å². The zero-order chi connectivity index (χ0) is 25.3. The fourth-order valence-corrected chi connectivity index (χ4v) is 4.69. The van der Waals surface area contributed by atoms with Crippen molar-refractivity contribution >= 4 is 40.9 Å². The number of thioether (sulfide) groups is 1. The summed E-state index contributed by atoms with van der Waals surface area (Å²) in [5, 5.41) is 14.4. The molecule has 0 bridgehead atoms. The Morgan fingerprint density at radius 1 is 0.722 bits per heavy atom. The standard InChI is InChI=1S/C29H24N2O4S/c32-26(17-20-9-3-1-4-10-20)30-24-15-8-16-25(19-24)36-27(21-11-5-2-6-12-21)28(33)31-23-14-7-13-22(18-23)29(34)35/h1-16,18-19,27H,17H2,(H,30,32)(H,31,33)(H,34,35). The number of hydrogen-bond donors (Lipinski definition) is 3. The van der Waals surface area contributed by atoms with E-state index in [0.717, 1.165) is 16.0 Å². The maximum absolute atomic E-state index is 13.3. The molecular weight excluding hydrogens is 472 g/mol. The van der Waals surface area contributed by atoms with Gasteiger partial charge in [0.1, 0.15) is 5.25 Å². The van der Waals surface area contributed by atoms with Gasteiger partial charge < -0.3 is 15.7 Å². The summed E-state index contributed by atoms with van der Waals surface area (Å²) in [7, 11) is 0.